The molecular formula is C15H18ClN4O3+. The number of nitrogens with zero attached hydrogens (tertiary/aromatic N) is 1. The van der Waals surface area contributed by atoms with Gasteiger partial charge in [0.15, 0.2) is 18.9 Å². The fourth-order valence-corrected chi connectivity index (χ4v) is 2.09. The Hall–Kier alpha value is -2.38. The van der Waals surface area contributed by atoms with Crippen molar-refractivity contribution in [1.82, 2.24) is 5.16 Å². The van der Waals surface area contributed by atoms with E-state index in [-0.39, 0.29) is 24.9 Å². The summed E-state index contributed by atoms with van der Waals surface area (Å²) in [5.74, 6) is 0.555. The topological polar surface area (TPSA) is 88.7 Å². The van der Waals surface area contributed by atoms with Gasteiger partial charge in [-0.05, 0) is 31.2 Å². The Labute approximate surface area is 138 Å². The van der Waals surface area contributed by atoms with Crippen LogP contribution in [0.3, 0.4) is 0 Å². The lowest BCUT2D eigenvalue weighted by Crippen LogP contribution is -3.11. The largest absolute Gasteiger partial charge is 0.360 e. The van der Waals surface area contributed by atoms with Crippen LogP contribution in [0.5, 0.6) is 0 Å². The van der Waals surface area contributed by atoms with Crippen LogP contribution in [-0.2, 0) is 9.59 Å². The van der Waals surface area contributed by atoms with E-state index in [1.807, 2.05) is 0 Å². The van der Waals surface area contributed by atoms with Gasteiger partial charge in [-0.3, -0.25) is 9.59 Å². The molecule has 2 rings (SSSR count). The Bertz CT molecular complexity index is 684. The van der Waals surface area contributed by atoms with Crippen LogP contribution in [-0.4, -0.2) is 37.1 Å². The van der Waals surface area contributed by atoms with E-state index in [0.29, 0.717) is 22.3 Å². The number of carbonyl (C=O) groups is 2. The third-order valence-electron chi connectivity index (χ3n) is 2.95. The summed E-state index contributed by atoms with van der Waals surface area (Å²) >= 11 is 5.78. The van der Waals surface area contributed by atoms with E-state index in [1.165, 1.54) is 0 Å². The summed E-state index contributed by atoms with van der Waals surface area (Å²) in [5.41, 5.74) is 0.662. The zero-order valence-corrected chi connectivity index (χ0v) is 13.6. The van der Waals surface area contributed by atoms with Gasteiger partial charge in [0.1, 0.15) is 5.76 Å². The van der Waals surface area contributed by atoms with Crippen molar-refractivity contribution in [1.29, 1.82) is 0 Å². The molecule has 0 aliphatic carbocycles. The third-order valence-corrected chi connectivity index (χ3v) is 3.20. The molecule has 1 unspecified atom stereocenters. The van der Waals surface area contributed by atoms with Crippen molar-refractivity contribution < 1.29 is 19.0 Å². The number of aromatic nitrogens is 1. The molecule has 0 saturated carbocycles. The molecule has 1 aromatic carbocycles. The summed E-state index contributed by atoms with van der Waals surface area (Å²) in [6, 6.07) is 8.45. The summed E-state index contributed by atoms with van der Waals surface area (Å²) in [6.45, 7) is 2.04. The number of likely N-dealkylation sites (N-methyl/N-ethyl adjacent to an activating group) is 1. The van der Waals surface area contributed by atoms with Gasteiger partial charge in [-0.25, -0.2) is 0 Å². The lowest BCUT2D eigenvalue weighted by Gasteiger charge is -2.13. The molecule has 0 saturated heterocycles. The quantitative estimate of drug-likeness (QED) is 0.725. The molecule has 0 bridgehead atoms. The van der Waals surface area contributed by atoms with E-state index < -0.39 is 0 Å². The molecule has 1 heterocycles. The number of benzene rings is 1. The first-order valence-corrected chi connectivity index (χ1v) is 7.40. The predicted molar refractivity (Wildman–Crippen MR) is 86.6 cm³/mol. The molecule has 3 N–H and O–H groups in total. The van der Waals surface area contributed by atoms with Crippen LogP contribution in [0.1, 0.15) is 5.76 Å². The standard InChI is InChI=1S/C15H17ClN4O3/c1-10-7-13(19-23-10)18-15(22)9-20(2)8-14(21)17-12-5-3-11(16)4-6-12/h3-7H,8-9H2,1-2H3,(H,17,21)(H,18,19,22)/p+1. The fourth-order valence-electron chi connectivity index (χ4n) is 1.96. The maximum absolute atomic E-state index is 11.9. The molecule has 122 valence electrons. The third kappa shape index (κ3) is 5.72. The van der Waals surface area contributed by atoms with Crippen LogP contribution < -0.4 is 15.5 Å². The van der Waals surface area contributed by atoms with Crippen molar-refractivity contribution in [2.45, 2.75) is 6.92 Å². The van der Waals surface area contributed by atoms with Crippen LogP contribution in [0.25, 0.3) is 0 Å². The fraction of sp³-hybridized carbons (Fsp3) is 0.267. The Balaban J connectivity index is 1.77. The molecule has 0 fully saturated rings. The number of hydrogen-bond acceptors (Lipinski definition) is 4. The molecule has 0 aliphatic heterocycles. The minimum atomic E-state index is -0.241. The Kier molecular flexibility index (Phi) is 5.72. The second kappa shape index (κ2) is 7.75. The van der Waals surface area contributed by atoms with Crippen LogP contribution in [0.15, 0.2) is 34.9 Å². The van der Waals surface area contributed by atoms with E-state index in [0.717, 1.165) is 4.90 Å². The van der Waals surface area contributed by atoms with Crippen molar-refractivity contribution in [3.8, 4) is 0 Å². The lowest BCUT2D eigenvalue weighted by molar-refractivity contribution is -0.862. The van der Waals surface area contributed by atoms with Gasteiger partial charge in [0.2, 0.25) is 0 Å². The summed E-state index contributed by atoms with van der Waals surface area (Å²) in [6.07, 6.45) is 0. The van der Waals surface area contributed by atoms with Crippen molar-refractivity contribution in [3.63, 3.8) is 0 Å². The predicted octanol–water partition coefficient (Wildman–Crippen LogP) is 0.728. The average molecular weight is 338 g/mol. The number of rotatable bonds is 6. The average Bonchev–Trinajstić information content (AvgIpc) is 2.86. The number of hydrogen-bond donors (Lipinski definition) is 3. The molecule has 1 aromatic heterocycles. The van der Waals surface area contributed by atoms with Crippen molar-refractivity contribution >= 4 is 34.9 Å². The minimum absolute atomic E-state index is 0.139. The van der Waals surface area contributed by atoms with Crippen molar-refractivity contribution in [2.75, 3.05) is 30.8 Å². The number of carbonyl (C=O) groups excluding carboxylic acids is 2. The molecule has 23 heavy (non-hydrogen) atoms. The number of anilines is 2. The Morgan fingerprint density at radius 3 is 2.35 bits per heavy atom. The molecule has 0 aliphatic rings. The summed E-state index contributed by atoms with van der Waals surface area (Å²) in [4.78, 5) is 24.5. The maximum atomic E-state index is 11.9. The van der Waals surface area contributed by atoms with E-state index in [1.54, 1.807) is 44.3 Å². The first kappa shape index (κ1) is 17.0. The summed E-state index contributed by atoms with van der Waals surface area (Å²) in [5, 5.41) is 9.64. The van der Waals surface area contributed by atoms with Crippen LogP contribution in [0.2, 0.25) is 5.02 Å². The lowest BCUT2D eigenvalue weighted by atomic mass is 10.3. The molecule has 8 heteroatoms. The SMILES string of the molecule is Cc1cc(NC(=O)C[NH+](C)CC(=O)Nc2ccc(Cl)cc2)no1. The van der Waals surface area contributed by atoms with Gasteiger partial charge in [-0.1, -0.05) is 16.8 Å². The van der Waals surface area contributed by atoms with Gasteiger partial charge in [0.05, 0.1) is 7.05 Å². The second-order valence-corrected chi connectivity index (χ2v) is 5.67. The highest BCUT2D eigenvalue weighted by Crippen LogP contribution is 2.12. The van der Waals surface area contributed by atoms with Crippen LogP contribution in [0.4, 0.5) is 11.5 Å². The Morgan fingerprint density at radius 1 is 1.17 bits per heavy atom. The molecular weight excluding hydrogens is 320 g/mol. The smallest absolute Gasteiger partial charge is 0.280 e. The minimum Gasteiger partial charge on any atom is -0.360 e. The summed E-state index contributed by atoms with van der Waals surface area (Å²) in [7, 11) is 1.76. The number of halogens is 1. The van der Waals surface area contributed by atoms with Crippen LogP contribution in [0, 0.1) is 6.92 Å². The summed E-state index contributed by atoms with van der Waals surface area (Å²) < 4.78 is 4.86. The number of quaternary nitrogens is 1. The molecule has 1 atom stereocenters. The maximum Gasteiger partial charge on any atom is 0.280 e. The molecule has 0 spiro atoms. The Morgan fingerprint density at radius 2 is 1.78 bits per heavy atom. The second-order valence-electron chi connectivity index (χ2n) is 5.24. The highest BCUT2D eigenvalue weighted by Gasteiger charge is 2.15. The zero-order chi connectivity index (χ0) is 16.8. The molecule has 0 radical (unpaired) electrons. The number of nitrogens with one attached hydrogen (secondary N) is 3. The van der Waals surface area contributed by atoms with E-state index in [2.05, 4.69) is 15.8 Å². The van der Waals surface area contributed by atoms with Gasteiger partial charge >= 0.3 is 0 Å². The zero-order valence-electron chi connectivity index (χ0n) is 12.9. The van der Waals surface area contributed by atoms with Gasteiger partial charge < -0.3 is 20.1 Å². The van der Waals surface area contributed by atoms with Crippen LogP contribution >= 0.6 is 11.6 Å². The van der Waals surface area contributed by atoms with E-state index in [9.17, 15) is 9.59 Å². The van der Waals surface area contributed by atoms with Gasteiger partial charge in [0, 0.05) is 16.8 Å². The highest BCUT2D eigenvalue weighted by molar-refractivity contribution is 6.30. The van der Waals surface area contributed by atoms with E-state index in [4.69, 9.17) is 16.1 Å². The molecule has 2 amide bonds. The first-order chi connectivity index (χ1) is 10.9. The van der Waals surface area contributed by atoms with Crippen molar-refractivity contribution in [3.05, 3.63) is 41.1 Å². The normalized spacial score (nSPS) is 11.8. The first-order valence-electron chi connectivity index (χ1n) is 7.02. The van der Waals surface area contributed by atoms with E-state index >= 15 is 0 Å². The monoisotopic (exact) mass is 337 g/mol. The number of amides is 2. The highest BCUT2D eigenvalue weighted by atomic mass is 35.5. The van der Waals surface area contributed by atoms with Gasteiger partial charge in [-0.2, -0.15) is 0 Å². The molecule has 7 nitrogen and oxygen atoms in total. The molecule has 2 aromatic rings. The van der Waals surface area contributed by atoms with Gasteiger partial charge in [-0.15, -0.1) is 0 Å². The van der Waals surface area contributed by atoms with Gasteiger partial charge in [0.25, 0.3) is 11.8 Å². The van der Waals surface area contributed by atoms with Crippen molar-refractivity contribution in [2.24, 2.45) is 0 Å². The number of aryl methyl sites for hydroxylation is 1.